The van der Waals surface area contributed by atoms with Crippen molar-refractivity contribution in [1.29, 1.82) is 0 Å². The first-order chi connectivity index (χ1) is 7.92. The van der Waals surface area contributed by atoms with E-state index in [2.05, 4.69) is 12.2 Å². The molecule has 1 atom stereocenters. The third kappa shape index (κ3) is 5.39. The second-order valence-electron chi connectivity index (χ2n) is 4.47. The van der Waals surface area contributed by atoms with Gasteiger partial charge in [0.2, 0.25) is 5.91 Å². The quantitative estimate of drug-likeness (QED) is 0.827. The summed E-state index contributed by atoms with van der Waals surface area (Å²) in [5.74, 6) is 0.266. The van der Waals surface area contributed by atoms with E-state index in [1.54, 1.807) is 4.90 Å². The Bertz CT molecular complexity index is 256. The van der Waals surface area contributed by atoms with E-state index in [1.165, 1.54) is 0 Å². The zero-order valence-corrected chi connectivity index (χ0v) is 10.0. The first-order valence-electron chi connectivity index (χ1n) is 5.97. The number of hydrogen-bond donors (Lipinski definition) is 1. The van der Waals surface area contributed by atoms with Crippen LogP contribution in [0, 0.1) is 5.92 Å². The Labute approximate surface area is 99.4 Å². The number of halogens is 3. The fourth-order valence-corrected chi connectivity index (χ4v) is 2.05. The average Bonchev–Trinajstić information content (AvgIpc) is 2.27. The van der Waals surface area contributed by atoms with Gasteiger partial charge in [-0.3, -0.25) is 4.79 Å². The first kappa shape index (κ1) is 14.3. The highest BCUT2D eigenvalue weighted by Gasteiger charge is 2.27. The Balaban J connectivity index is 2.27. The van der Waals surface area contributed by atoms with Crippen molar-refractivity contribution in [2.24, 2.45) is 5.92 Å². The molecule has 17 heavy (non-hydrogen) atoms. The molecule has 1 rings (SSSR count). The van der Waals surface area contributed by atoms with Gasteiger partial charge in [0.15, 0.2) is 0 Å². The highest BCUT2D eigenvalue weighted by Crippen LogP contribution is 2.19. The zero-order chi connectivity index (χ0) is 12.9. The molecule has 0 spiro atoms. The van der Waals surface area contributed by atoms with Gasteiger partial charge in [-0.25, -0.2) is 0 Å². The van der Waals surface area contributed by atoms with Crippen LogP contribution in [0.2, 0.25) is 0 Å². The van der Waals surface area contributed by atoms with Gasteiger partial charge >= 0.3 is 6.18 Å². The number of amides is 1. The van der Waals surface area contributed by atoms with E-state index in [0.717, 1.165) is 19.3 Å². The molecule has 0 aromatic heterocycles. The van der Waals surface area contributed by atoms with Crippen LogP contribution in [-0.2, 0) is 4.79 Å². The minimum Gasteiger partial charge on any atom is -0.341 e. The second kappa shape index (κ2) is 6.23. The number of piperidine rings is 1. The van der Waals surface area contributed by atoms with Crippen molar-refractivity contribution >= 4 is 5.91 Å². The Kier molecular flexibility index (Phi) is 5.24. The molecule has 100 valence electrons. The molecule has 1 unspecified atom stereocenters. The topological polar surface area (TPSA) is 32.3 Å². The Morgan fingerprint density at radius 1 is 1.47 bits per heavy atom. The molecule has 0 aromatic carbocycles. The summed E-state index contributed by atoms with van der Waals surface area (Å²) in [5, 5.41) is 2.14. The summed E-state index contributed by atoms with van der Waals surface area (Å²) in [7, 11) is 0. The fourth-order valence-electron chi connectivity index (χ4n) is 2.05. The van der Waals surface area contributed by atoms with Crippen molar-refractivity contribution in [1.82, 2.24) is 10.2 Å². The average molecular weight is 252 g/mol. The van der Waals surface area contributed by atoms with Gasteiger partial charge in [-0.05, 0) is 18.8 Å². The van der Waals surface area contributed by atoms with Crippen LogP contribution in [-0.4, -0.2) is 43.2 Å². The first-order valence-corrected chi connectivity index (χ1v) is 5.97. The highest BCUT2D eigenvalue weighted by atomic mass is 19.4. The second-order valence-corrected chi connectivity index (χ2v) is 4.47. The lowest BCUT2D eigenvalue weighted by Crippen LogP contribution is -2.45. The van der Waals surface area contributed by atoms with Gasteiger partial charge < -0.3 is 10.2 Å². The maximum atomic E-state index is 11.9. The number of alkyl halides is 3. The SMILES string of the molecule is CCC1CCCN(C(=O)CNCC(F)(F)F)C1. The third-order valence-corrected chi connectivity index (χ3v) is 3.05. The van der Waals surface area contributed by atoms with Crippen LogP contribution in [0.15, 0.2) is 0 Å². The van der Waals surface area contributed by atoms with E-state index >= 15 is 0 Å². The van der Waals surface area contributed by atoms with Gasteiger partial charge in [0.25, 0.3) is 0 Å². The predicted octanol–water partition coefficient (Wildman–Crippen LogP) is 1.79. The van der Waals surface area contributed by atoms with Crippen LogP contribution in [0.5, 0.6) is 0 Å². The van der Waals surface area contributed by atoms with Crippen LogP contribution in [0.4, 0.5) is 13.2 Å². The lowest BCUT2D eigenvalue weighted by molar-refractivity contribution is -0.135. The minimum absolute atomic E-state index is 0.226. The van der Waals surface area contributed by atoms with Crippen molar-refractivity contribution in [3.05, 3.63) is 0 Å². The number of likely N-dealkylation sites (tertiary alicyclic amines) is 1. The van der Waals surface area contributed by atoms with E-state index in [1.807, 2.05) is 0 Å². The fraction of sp³-hybridized carbons (Fsp3) is 0.909. The molecule has 0 radical (unpaired) electrons. The molecule has 1 fully saturated rings. The zero-order valence-electron chi connectivity index (χ0n) is 10.0. The smallest absolute Gasteiger partial charge is 0.341 e. The Morgan fingerprint density at radius 3 is 2.76 bits per heavy atom. The summed E-state index contributed by atoms with van der Waals surface area (Å²) >= 11 is 0. The normalized spacial score (nSPS) is 21.6. The maximum Gasteiger partial charge on any atom is 0.401 e. The van der Waals surface area contributed by atoms with E-state index in [9.17, 15) is 18.0 Å². The number of rotatable bonds is 4. The highest BCUT2D eigenvalue weighted by molar-refractivity contribution is 5.78. The minimum atomic E-state index is -4.26. The summed E-state index contributed by atoms with van der Waals surface area (Å²) in [6.07, 6.45) is -1.19. The molecule has 3 nitrogen and oxygen atoms in total. The summed E-state index contributed by atoms with van der Waals surface area (Å²) in [5.41, 5.74) is 0. The molecule has 6 heteroatoms. The summed E-state index contributed by atoms with van der Waals surface area (Å²) in [4.78, 5) is 13.3. The third-order valence-electron chi connectivity index (χ3n) is 3.05. The van der Waals surface area contributed by atoms with Gasteiger partial charge in [0, 0.05) is 13.1 Å². The van der Waals surface area contributed by atoms with Gasteiger partial charge in [-0.2, -0.15) is 13.2 Å². The van der Waals surface area contributed by atoms with Crippen molar-refractivity contribution in [3.8, 4) is 0 Å². The van der Waals surface area contributed by atoms with Gasteiger partial charge in [0.05, 0.1) is 13.1 Å². The van der Waals surface area contributed by atoms with Gasteiger partial charge in [-0.1, -0.05) is 13.3 Å². The molecule has 1 aliphatic rings. The summed E-state index contributed by atoms with van der Waals surface area (Å²) < 4.78 is 35.6. The molecule has 0 bridgehead atoms. The molecular formula is C11H19F3N2O. The van der Waals surface area contributed by atoms with Crippen molar-refractivity contribution in [2.45, 2.75) is 32.4 Å². The molecule has 0 aliphatic carbocycles. The van der Waals surface area contributed by atoms with Crippen molar-refractivity contribution in [3.63, 3.8) is 0 Å². The Hall–Kier alpha value is -0.780. The van der Waals surface area contributed by atoms with Gasteiger partial charge in [-0.15, -0.1) is 0 Å². The van der Waals surface area contributed by atoms with Crippen molar-refractivity contribution < 1.29 is 18.0 Å². The molecule has 1 saturated heterocycles. The molecule has 1 aliphatic heterocycles. The number of carbonyl (C=O) groups excluding carboxylic acids is 1. The molecule has 1 heterocycles. The number of hydrogen-bond acceptors (Lipinski definition) is 2. The van der Waals surface area contributed by atoms with Crippen LogP contribution in [0.1, 0.15) is 26.2 Å². The van der Waals surface area contributed by atoms with E-state index in [-0.39, 0.29) is 12.5 Å². The largest absolute Gasteiger partial charge is 0.401 e. The molecular weight excluding hydrogens is 233 g/mol. The molecule has 1 amide bonds. The predicted molar refractivity (Wildman–Crippen MR) is 58.5 cm³/mol. The standard InChI is InChI=1S/C11H19F3N2O/c1-2-9-4-3-5-16(7-9)10(17)6-15-8-11(12,13)14/h9,15H,2-8H2,1H3. The Morgan fingerprint density at radius 2 is 2.18 bits per heavy atom. The van der Waals surface area contributed by atoms with E-state index in [4.69, 9.17) is 0 Å². The number of nitrogens with one attached hydrogen (secondary N) is 1. The lowest BCUT2D eigenvalue weighted by Gasteiger charge is -2.32. The van der Waals surface area contributed by atoms with Crippen LogP contribution in [0.3, 0.4) is 0 Å². The monoisotopic (exact) mass is 252 g/mol. The molecule has 0 saturated carbocycles. The van der Waals surface area contributed by atoms with Gasteiger partial charge in [0.1, 0.15) is 0 Å². The number of carbonyl (C=O) groups is 1. The summed E-state index contributed by atoms with van der Waals surface area (Å²) in [6, 6.07) is 0. The summed E-state index contributed by atoms with van der Waals surface area (Å²) in [6.45, 7) is 2.09. The molecule has 0 aromatic rings. The maximum absolute atomic E-state index is 11.9. The van der Waals surface area contributed by atoms with Crippen LogP contribution in [0.25, 0.3) is 0 Å². The van der Waals surface area contributed by atoms with Crippen molar-refractivity contribution in [2.75, 3.05) is 26.2 Å². The van der Waals surface area contributed by atoms with Crippen LogP contribution >= 0.6 is 0 Å². The number of nitrogens with zero attached hydrogens (tertiary/aromatic N) is 1. The van der Waals surface area contributed by atoms with E-state index in [0.29, 0.717) is 19.0 Å². The molecule has 1 N–H and O–H groups in total. The van der Waals surface area contributed by atoms with E-state index < -0.39 is 12.7 Å². The van der Waals surface area contributed by atoms with Crippen LogP contribution < -0.4 is 5.32 Å². The lowest BCUT2D eigenvalue weighted by atomic mass is 9.96.